The lowest BCUT2D eigenvalue weighted by Crippen LogP contribution is -2.45. The first-order valence-electron chi connectivity index (χ1n) is 9.48. The molecule has 0 fully saturated rings. The predicted octanol–water partition coefficient (Wildman–Crippen LogP) is 5.28. The van der Waals surface area contributed by atoms with E-state index in [-0.39, 0.29) is 11.9 Å². The van der Waals surface area contributed by atoms with Crippen LogP contribution in [0.2, 0.25) is 0 Å². The summed E-state index contributed by atoms with van der Waals surface area (Å²) in [6.07, 6.45) is 2.99. The van der Waals surface area contributed by atoms with E-state index in [0.717, 1.165) is 35.5 Å². The van der Waals surface area contributed by atoms with E-state index >= 15 is 0 Å². The van der Waals surface area contributed by atoms with Crippen LogP contribution >= 0.6 is 11.3 Å². The molecule has 1 aliphatic carbocycles. The van der Waals surface area contributed by atoms with Crippen molar-refractivity contribution in [3.63, 3.8) is 0 Å². The maximum atomic E-state index is 13.2. The molecule has 4 rings (SSSR count). The van der Waals surface area contributed by atoms with Gasteiger partial charge < -0.3 is 5.32 Å². The van der Waals surface area contributed by atoms with Crippen LogP contribution in [0.25, 0.3) is 11.3 Å². The maximum absolute atomic E-state index is 13.2. The van der Waals surface area contributed by atoms with Crippen molar-refractivity contribution in [3.8, 4) is 11.3 Å². The monoisotopic (exact) mass is 376 g/mol. The topological polar surface area (TPSA) is 42.0 Å². The van der Waals surface area contributed by atoms with Crippen molar-refractivity contribution in [2.24, 2.45) is 0 Å². The van der Waals surface area contributed by atoms with Gasteiger partial charge in [-0.25, -0.2) is 4.98 Å². The van der Waals surface area contributed by atoms with Gasteiger partial charge in [-0.15, -0.1) is 11.3 Å². The standard InChI is InChI=1S/C23H24N2OS/c1-16(21-25-20(15-27-21)18-10-4-3-5-11-18)24-22(26)23(2)14-8-12-17-9-6-7-13-19(17)23/h3-7,9-11,13,15-16H,8,12,14H2,1-2H3,(H,24,26)/t16-,23+/m0/s1. The average Bonchev–Trinajstić information content (AvgIpc) is 3.19. The van der Waals surface area contributed by atoms with Crippen molar-refractivity contribution >= 4 is 17.2 Å². The summed E-state index contributed by atoms with van der Waals surface area (Å²) in [5.74, 6) is 0.0959. The van der Waals surface area contributed by atoms with E-state index in [9.17, 15) is 4.79 Å². The summed E-state index contributed by atoms with van der Waals surface area (Å²) < 4.78 is 0. The minimum atomic E-state index is -0.470. The first-order valence-corrected chi connectivity index (χ1v) is 10.4. The van der Waals surface area contributed by atoms with Crippen LogP contribution in [0.4, 0.5) is 0 Å². The van der Waals surface area contributed by atoms with E-state index in [0.29, 0.717) is 0 Å². The molecular formula is C23H24N2OS. The van der Waals surface area contributed by atoms with E-state index in [1.807, 2.05) is 31.2 Å². The number of hydrogen-bond donors (Lipinski definition) is 1. The van der Waals surface area contributed by atoms with E-state index in [2.05, 4.69) is 48.0 Å². The third-order valence-electron chi connectivity index (χ3n) is 5.55. The number of hydrogen-bond acceptors (Lipinski definition) is 3. The zero-order valence-electron chi connectivity index (χ0n) is 15.7. The second-order valence-electron chi connectivity index (χ2n) is 7.47. The van der Waals surface area contributed by atoms with Crippen molar-refractivity contribution in [1.82, 2.24) is 10.3 Å². The van der Waals surface area contributed by atoms with Gasteiger partial charge in [-0.05, 0) is 44.2 Å². The van der Waals surface area contributed by atoms with Gasteiger partial charge in [0.1, 0.15) is 5.01 Å². The summed E-state index contributed by atoms with van der Waals surface area (Å²) in [7, 11) is 0. The van der Waals surface area contributed by atoms with Crippen molar-refractivity contribution in [2.75, 3.05) is 0 Å². The predicted molar refractivity (Wildman–Crippen MR) is 111 cm³/mol. The quantitative estimate of drug-likeness (QED) is 0.673. The second-order valence-corrected chi connectivity index (χ2v) is 8.36. The Morgan fingerprint density at radius 3 is 2.70 bits per heavy atom. The summed E-state index contributed by atoms with van der Waals surface area (Å²) in [6, 6.07) is 18.4. The molecule has 3 aromatic rings. The third-order valence-corrected chi connectivity index (χ3v) is 6.57. The van der Waals surface area contributed by atoms with E-state index in [1.165, 1.54) is 11.1 Å². The van der Waals surface area contributed by atoms with Crippen LogP contribution in [0, 0.1) is 0 Å². The zero-order chi connectivity index (χ0) is 18.9. The minimum absolute atomic E-state index is 0.0959. The lowest BCUT2D eigenvalue weighted by atomic mass is 9.70. The molecule has 0 saturated carbocycles. The number of nitrogens with one attached hydrogen (secondary N) is 1. The highest BCUT2D eigenvalue weighted by Gasteiger charge is 2.39. The molecule has 1 N–H and O–H groups in total. The first-order chi connectivity index (χ1) is 13.1. The minimum Gasteiger partial charge on any atom is -0.346 e. The fourth-order valence-electron chi connectivity index (χ4n) is 3.93. The van der Waals surface area contributed by atoms with Crippen molar-refractivity contribution in [1.29, 1.82) is 0 Å². The Morgan fingerprint density at radius 2 is 1.89 bits per heavy atom. The van der Waals surface area contributed by atoms with Gasteiger partial charge >= 0.3 is 0 Å². The molecule has 1 heterocycles. The Labute approximate surface area is 164 Å². The lowest BCUT2D eigenvalue weighted by Gasteiger charge is -2.35. The van der Waals surface area contributed by atoms with E-state index < -0.39 is 5.41 Å². The molecule has 138 valence electrons. The van der Waals surface area contributed by atoms with Crippen molar-refractivity contribution in [2.45, 2.75) is 44.6 Å². The molecule has 1 amide bonds. The highest BCUT2D eigenvalue weighted by molar-refractivity contribution is 7.10. The Morgan fingerprint density at radius 1 is 1.15 bits per heavy atom. The van der Waals surface area contributed by atoms with Gasteiger partial charge in [0, 0.05) is 10.9 Å². The number of carbonyl (C=O) groups excluding carboxylic acids is 1. The zero-order valence-corrected chi connectivity index (χ0v) is 16.6. The highest BCUT2D eigenvalue weighted by Crippen LogP contribution is 2.38. The number of amides is 1. The SMILES string of the molecule is C[C@H](NC(=O)[C@]1(C)CCCc2ccccc21)c1nc(-c2ccccc2)cs1. The molecule has 0 bridgehead atoms. The second kappa shape index (κ2) is 7.28. The molecule has 0 unspecified atom stereocenters. The summed E-state index contributed by atoms with van der Waals surface area (Å²) in [6.45, 7) is 4.09. The Balaban J connectivity index is 1.53. The van der Waals surface area contributed by atoms with Crippen LogP contribution in [-0.2, 0) is 16.6 Å². The lowest BCUT2D eigenvalue weighted by molar-refractivity contribution is -0.127. The summed E-state index contributed by atoms with van der Waals surface area (Å²) in [5, 5.41) is 6.22. The van der Waals surface area contributed by atoms with Gasteiger partial charge in [-0.2, -0.15) is 0 Å². The summed E-state index contributed by atoms with van der Waals surface area (Å²) in [4.78, 5) is 18.0. The molecule has 1 aliphatic rings. The van der Waals surface area contributed by atoms with Gasteiger partial charge in [0.25, 0.3) is 0 Å². The van der Waals surface area contributed by atoms with E-state index in [4.69, 9.17) is 4.98 Å². The highest BCUT2D eigenvalue weighted by atomic mass is 32.1. The third kappa shape index (κ3) is 3.42. The number of nitrogens with zero attached hydrogens (tertiary/aromatic N) is 1. The van der Waals surface area contributed by atoms with Crippen molar-refractivity contribution in [3.05, 3.63) is 76.1 Å². The normalized spacial score (nSPS) is 19.9. The fraction of sp³-hybridized carbons (Fsp3) is 0.304. The van der Waals surface area contributed by atoms with Crippen LogP contribution < -0.4 is 5.32 Å². The number of rotatable bonds is 4. The molecule has 2 atom stereocenters. The van der Waals surface area contributed by atoms with Crippen LogP contribution in [-0.4, -0.2) is 10.9 Å². The van der Waals surface area contributed by atoms with Crippen LogP contribution in [0.1, 0.15) is 48.9 Å². The van der Waals surface area contributed by atoms with Gasteiger partial charge in [-0.3, -0.25) is 4.79 Å². The molecule has 0 spiro atoms. The maximum Gasteiger partial charge on any atom is 0.230 e. The number of carbonyl (C=O) groups is 1. The van der Waals surface area contributed by atoms with Crippen molar-refractivity contribution < 1.29 is 4.79 Å². The van der Waals surface area contributed by atoms with Gasteiger partial charge in [-0.1, -0.05) is 54.6 Å². The summed E-state index contributed by atoms with van der Waals surface area (Å²) in [5.41, 5.74) is 4.07. The number of fused-ring (bicyclic) bond motifs is 1. The molecular weight excluding hydrogens is 352 g/mol. The number of aromatic nitrogens is 1. The van der Waals surface area contributed by atoms with Crippen LogP contribution in [0.3, 0.4) is 0 Å². The average molecular weight is 377 g/mol. The Kier molecular flexibility index (Phi) is 4.83. The smallest absolute Gasteiger partial charge is 0.230 e. The van der Waals surface area contributed by atoms with E-state index in [1.54, 1.807) is 11.3 Å². The molecule has 0 radical (unpaired) electrons. The van der Waals surface area contributed by atoms with Gasteiger partial charge in [0.05, 0.1) is 17.2 Å². The molecule has 0 saturated heterocycles. The number of benzene rings is 2. The molecule has 1 aromatic heterocycles. The fourth-order valence-corrected chi connectivity index (χ4v) is 4.76. The summed E-state index contributed by atoms with van der Waals surface area (Å²) >= 11 is 1.60. The van der Waals surface area contributed by atoms with Gasteiger partial charge in [0.2, 0.25) is 5.91 Å². The van der Waals surface area contributed by atoms with Gasteiger partial charge in [0.15, 0.2) is 0 Å². The molecule has 4 heteroatoms. The Hall–Kier alpha value is -2.46. The number of thiazole rings is 1. The molecule has 27 heavy (non-hydrogen) atoms. The molecule has 0 aliphatic heterocycles. The molecule has 3 nitrogen and oxygen atoms in total. The number of aryl methyl sites for hydroxylation is 1. The van der Waals surface area contributed by atoms with Crippen LogP contribution in [0.5, 0.6) is 0 Å². The molecule has 2 aromatic carbocycles. The largest absolute Gasteiger partial charge is 0.346 e. The Bertz CT molecular complexity index is 950. The first kappa shape index (κ1) is 17.9. The van der Waals surface area contributed by atoms with Crippen LogP contribution in [0.15, 0.2) is 60.0 Å².